The van der Waals surface area contributed by atoms with Gasteiger partial charge in [-0.1, -0.05) is 0 Å². The Hall–Kier alpha value is -2.15. The third kappa shape index (κ3) is 4.82. The first-order valence-electron chi connectivity index (χ1n) is 8.63. The van der Waals surface area contributed by atoms with Crippen LogP contribution < -0.4 is 10.6 Å². The number of aromatic nitrogens is 2. The SMILES string of the molecule is CNCC(=O)Nc1ccc(-c2nc3cc(F)ccc3n2C(C)C)cc1C.Cl.Cl. The van der Waals surface area contributed by atoms with Crippen LogP contribution in [0.25, 0.3) is 22.4 Å². The van der Waals surface area contributed by atoms with Crippen LogP contribution >= 0.6 is 24.8 Å². The lowest BCUT2D eigenvalue weighted by atomic mass is 10.1. The Balaban J connectivity index is 0.00000196. The van der Waals surface area contributed by atoms with Crippen LogP contribution in [0, 0.1) is 12.7 Å². The number of aryl methyl sites for hydroxylation is 1. The van der Waals surface area contributed by atoms with Crippen LogP contribution in [0.3, 0.4) is 0 Å². The van der Waals surface area contributed by atoms with E-state index < -0.39 is 0 Å². The van der Waals surface area contributed by atoms with E-state index in [2.05, 4.69) is 34.0 Å². The molecule has 8 heteroatoms. The second kappa shape index (κ2) is 9.87. The molecule has 0 radical (unpaired) electrons. The average Bonchev–Trinajstić information content (AvgIpc) is 2.95. The summed E-state index contributed by atoms with van der Waals surface area (Å²) in [5.41, 5.74) is 4.19. The molecular formula is C20H25Cl2FN4O. The molecule has 3 aromatic rings. The summed E-state index contributed by atoms with van der Waals surface area (Å²) in [7, 11) is 1.73. The number of halogens is 3. The quantitative estimate of drug-likeness (QED) is 0.619. The largest absolute Gasteiger partial charge is 0.325 e. The number of nitrogens with zero attached hydrogens (tertiary/aromatic N) is 2. The molecule has 0 fully saturated rings. The maximum atomic E-state index is 13.6. The number of fused-ring (bicyclic) bond motifs is 1. The summed E-state index contributed by atoms with van der Waals surface area (Å²) in [6, 6.07) is 10.7. The van der Waals surface area contributed by atoms with Crippen LogP contribution in [0.1, 0.15) is 25.5 Å². The molecule has 0 atom stereocenters. The zero-order valence-electron chi connectivity index (χ0n) is 16.2. The molecule has 28 heavy (non-hydrogen) atoms. The Bertz CT molecular complexity index is 972. The summed E-state index contributed by atoms with van der Waals surface area (Å²) in [6.45, 7) is 6.36. The summed E-state index contributed by atoms with van der Waals surface area (Å²) in [6.07, 6.45) is 0. The van der Waals surface area contributed by atoms with Crippen molar-refractivity contribution >= 4 is 47.4 Å². The predicted octanol–water partition coefficient (Wildman–Crippen LogP) is 4.73. The number of carbonyl (C=O) groups is 1. The highest BCUT2D eigenvalue weighted by Gasteiger charge is 2.16. The first kappa shape index (κ1) is 23.9. The molecule has 1 aromatic heterocycles. The lowest BCUT2D eigenvalue weighted by Crippen LogP contribution is -2.25. The predicted molar refractivity (Wildman–Crippen MR) is 117 cm³/mol. The zero-order chi connectivity index (χ0) is 18.8. The van der Waals surface area contributed by atoms with E-state index in [1.54, 1.807) is 13.1 Å². The van der Waals surface area contributed by atoms with Gasteiger partial charge in [-0.15, -0.1) is 24.8 Å². The molecular weight excluding hydrogens is 402 g/mol. The number of benzene rings is 2. The van der Waals surface area contributed by atoms with Crippen LogP contribution in [0.2, 0.25) is 0 Å². The molecule has 0 bridgehead atoms. The second-order valence-electron chi connectivity index (χ2n) is 6.64. The Morgan fingerprint density at radius 3 is 2.50 bits per heavy atom. The molecule has 1 amide bonds. The van der Waals surface area contributed by atoms with Gasteiger partial charge < -0.3 is 15.2 Å². The molecule has 5 nitrogen and oxygen atoms in total. The van der Waals surface area contributed by atoms with E-state index in [-0.39, 0.29) is 49.1 Å². The molecule has 1 heterocycles. The van der Waals surface area contributed by atoms with Crippen LogP contribution in [0.4, 0.5) is 10.1 Å². The minimum Gasteiger partial charge on any atom is -0.325 e. The van der Waals surface area contributed by atoms with Gasteiger partial charge in [0.05, 0.1) is 17.6 Å². The van der Waals surface area contributed by atoms with E-state index in [4.69, 9.17) is 0 Å². The van der Waals surface area contributed by atoms with Crippen molar-refractivity contribution in [3.63, 3.8) is 0 Å². The molecule has 0 aliphatic rings. The van der Waals surface area contributed by atoms with Gasteiger partial charge in [-0.2, -0.15) is 0 Å². The summed E-state index contributed by atoms with van der Waals surface area (Å²) in [4.78, 5) is 16.4. The van der Waals surface area contributed by atoms with Crippen molar-refractivity contribution in [1.82, 2.24) is 14.9 Å². The number of amides is 1. The van der Waals surface area contributed by atoms with Crippen molar-refractivity contribution in [2.45, 2.75) is 26.8 Å². The lowest BCUT2D eigenvalue weighted by Gasteiger charge is -2.15. The molecule has 0 unspecified atom stereocenters. The van der Waals surface area contributed by atoms with E-state index in [1.165, 1.54) is 12.1 Å². The third-order valence-electron chi connectivity index (χ3n) is 4.26. The summed E-state index contributed by atoms with van der Waals surface area (Å²) in [5.74, 6) is 0.404. The van der Waals surface area contributed by atoms with E-state index in [9.17, 15) is 9.18 Å². The normalized spacial score (nSPS) is 10.5. The number of anilines is 1. The highest BCUT2D eigenvalue weighted by molar-refractivity contribution is 5.93. The lowest BCUT2D eigenvalue weighted by molar-refractivity contribution is -0.115. The highest BCUT2D eigenvalue weighted by atomic mass is 35.5. The molecule has 2 aromatic carbocycles. The molecule has 3 rings (SSSR count). The van der Waals surface area contributed by atoms with Crippen molar-refractivity contribution in [1.29, 1.82) is 0 Å². The average molecular weight is 427 g/mol. The van der Waals surface area contributed by atoms with Gasteiger partial charge in [0, 0.05) is 23.4 Å². The van der Waals surface area contributed by atoms with Crippen molar-refractivity contribution in [3.8, 4) is 11.4 Å². The minimum absolute atomic E-state index is 0. The molecule has 0 saturated carbocycles. The van der Waals surface area contributed by atoms with Gasteiger partial charge in [0.25, 0.3) is 0 Å². The topological polar surface area (TPSA) is 59.0 Å². The van der Waals surface area contributed by atoms with Crippen LogP contribution in [-0.2, 0) is 4.79 Å². The fourth-order valence-corrected chi connectivity index (χ4v) is 3.10. The standard InChI is InChI=1S/C20H23FN4O.2ClH/c1-12(2)25-18-8-6-15(21)10-17(18)24-20(25)14-5-7-16(13(3)9-14)23-19(26)11-22-4;;/h5-10,12,22H,11H2,1-4H3,(H,23,26);2*1H. The molecule has 0 saturated heterocycles. The maximum Gasteiger partial charge on any atom is 0.238 e. The van der Waals surface area contributed by atoms with Gasteiger partial charge in [0.15, 0.2) is 0 Å². The zero-order valence-corrected chi connectivity index (χ0v) is 17.9. The number of nitrogens with one attached hydrogen (secondary N) is 2. The van der Waals surface area contributed by atoms with E-state index in [0.29, 0.717) is 5.52 Å². The van der Waals surface area contributed by atoms with Crippen LogP contribution in [0.5, 0.6) is 0 Å². The van der Waals surface area contributed by atoms with E-state index >= 15 is 0 Å². The number of carbonyl (C=O) groups excluding carboxylic acids is 1. The molecule has 0 aliphatic heterocycles. The third-order valence-corrected chi connectivity index (χ3v) is 4.26. The van der Waals surface area contributed by atoms with Gasteiger partial charge >= 0.3 is 0 Å². The number of hydrogen-bond acceptors (Lipinski definition) is 3. The van der Waals surface area contributed by atoms with Gasteiger partial charge in [0.2, 0.25) is 5.91 Å². The first-order valence-corrected chi connectivity index (χ1v) is 8.63. The van der Waals surface area contributed by atoms with Crippen molar-refractivity contribution in [3.05, 3.63) is 47.8 Å². The summed E-state index contributed by atoms with van der Waals surface area (Å²) in [5, 5.41) is 5.71. The Morgan fingerprint density at radius 2 is 1.89 bits per heavy atom. The number of hydrogen-bond donors (Lipinski definition) is 2. The summed E-state index contributed by atoms with van der Waals surface area (Å²) >= 11 is 0. The summed E-state index contributed by atoms with van der Waals surface area (Å²) < 4.78 is 15.7. The minimum atomic E-state index is -0.295. The van der Waals surface area contributed by atoms with Crippen LogP contribution in [-0.4, -0.2) is 29.1 Å². The Labute approximate surface area is 176 Å². The van der Waals surface area contributed by atoms with E-state index in [0.717, 1.165) is 28.2 Å². The van der Waals surface area contributed by atoms with E-state index in [1.807, 2.05) is 25.1 Å². The highest BCUT2D eigenvalue weighted by Crippen LogP contribution is 2.30. The van der Waals surface area contributed by atoms with Crippen molar-refractivity contribution < 1.29 is 9.18 Å². The molecule has 0 spiro atoms. The maximum absolute atomic E-state index is 13.6. The fraction of sp³-hybridized carbons (Fsp3) is 0.300. The van der Waals surface area contributed by atoms with Crippen LogP contribution in [0.15, 0.2) is 36.4 Å². The Kier molecular flexibility index (Phi) is 8.42. The molecule has 0 aliphatic carbocycles. The molecule has 152 valence electrons. The first-order chi connectivity index (χ1) is 12.4. The van der Waals surface area contributed by atoms with Crippen molar-refractivity contribution in [2.24, 2.45) is 0 Å². The number of likely N-dealkylation sites (N-methyl/N-ethyl adjacent to an activating group) is 1. The number of rotatable bonds is 5. The fourth-order valence-electron chi connectivity index (χ4n) is 3.10. The smallest absolute Gasteiger partial charge is 0.238 e. The second-order valence-corrected chi connectivity index (χ2v) is 6.64. The monoisotopic (exact) mass is 426 g/mol. The Morgan fingerprint density at radius 1 is 1.18 bits per heavy atom. The van der Waals surface area contributed by atoms with Gasteiger partial charge in [-0.25, -0.2) is 9.37 Å². The number of imidazole rings is 1. The van der Waals surface area contributed by atoms with Gasteiger partial charge in [-0.3, -0.25) is 4.79 Å². The van der Waals surface area contributed by atoms with Gasteiger partial charge in [-0.05, 0) is 63.7 Å². The van der Waals surface area contributed by atoms with Crippen molar-refractivity contribution in [2.75, 3.05) is 18.9 Å². The molecule has 2 N–H and O–H groups in total. The van der Waals surface area contributed by atoms with Gasteiger partial charge in [0.1, 0.15) is 11.6 Å².